The van der Waals surface area contributed by atoms with Gasteiger partial charge in [0.2, 0.25) is 0 Å². The van der Waals surface area contributed by atoms with Crippen LogP contribution in [0.5, 0.6) is 11.5 Å². The zero-order chi connectivity index (χ0) is 21.0. The lowest BCUT2D eigenvalue weighted by Gasteiger charge is -2.10. The molecule has 3 aromatic rings. The number of nitrogens with zero attached hydrogens (tertiary/aromatic N) is 2. The summed E-state index contributed by atoms with van der Waals surface area (Å²) in [6.07, 6.45) is 0. The fraction of sp³-hybridized carbons (Fsp3) is 0.250. The second-order valence-electron chi connectivity index (χ2n) is 5.84. The van der Waals surface area contributed by atoms with Crippen molar-refractivity contribution in [3.8, 4) is 11.5 Å². The molecule has 152 valence electrons. The highest BCUT2D eigenvalue weighted by Crippen LogP contribution is 2.29. The summed E-state index contributed by atoms with van der Waals surface area (Å²) < 4.78 is 19.1. The Morgan fingerprint density at radius 1 is 1.14 bits per heavy atom. The van der Waals surface area contributed by atoms with Crippen LogP contribution in [0.4, 0.5) is 0 Å². The summed E-state index contributed by atoms with van der Waals surface area (Å²) in [7, 11) is 2.95. The van der Waals surface area contributed by atoms with Crippen molar-refractivity contribution in [3.05, 3.63) is 51.2 Å². The summed E-state index contributed by atoms with van der Waals surface area (Å²) in [4.78, 5) is 29.8. The van der Waals surface area contributed by atoms with Gasteiger partial charge >= 0.3 is 5.97 Å². The van der Waals surface area contributed by atoms with Crippen LogP contribution in [-0.2, 0) is 16.1 Å². The molecular formula is C20H19BrN2O5S. The van der Waals surface area contributed by atoms with Gasteiger partial charge in [-0.15, -0.1) is 0 Å². The van der Waals surface area contributed by atoms with E-state index in [0.717, 1.165) is 14.7 Å². The molecule has 7 nitrogen and oxygen atoms in total. The van der Waals surface area contributed by atoms with Gasteiger partial charge < -0.3 is 18.8 Å². The van der Waals surface area contributed by atoms with Gasteiger partial charge in [-0.05, 0) is 37.3 Å². The molecule has 29 heavy (non-hydrogen) atoms. The Morgan fingerprint density at radius 3 is 2.45 bits per heavy atom. The lowest BCUT2D eigenvalue weighted by molar-refractivity contribution is -0.143. The number of thiazole rings is 1. The fourth-order valence-electron chi connectivity index (χ4n) is 2.83. The van der Waals surface area contributed by atoms with Crippen molar-refractivity contribution < 1.29 is 23.8 Å². The largest absolute Gasteiger partial charge is 0.496 e. The van der Waals surface area contributed by atoms with Crippen molar-refractivity contribution in [1.82, 2.24) is 4.57 Å². The van der Waals surface area contributed by atoms with Crippen molar-refractivity contribution in [3.63, 3.8) is 0 Å². The number of benzene rings is 2. The Balaban J connectivity index is 2.17. The fourth-order valence-corrected chi connectivity index (χ4v) is 4.41. The predicted molar refractivity (Wildman–Crippen MR) is 114 cm³/mol. The van der Waals surface area contributed by atoms with Crippen LogP contribution in [-0.4, -0.2) is 37.3 Å². The smallest absolute Gasteiger partial charge is 0.326 e. The van der Waals surface area contributed by atoms with Crippen LogP contribution in [0.3, 0.4) is 0 Å². The SMILES string of the molecule is CCOC(=O)Cn1c(=NC(=O)c2c(OC)cccc2OC)sc2cc(Br)ccc21. The molecule has 3 rings (SSSR count). The topological polar surface area (TPSA) is 79.1 Å². The van der Waals surface area contributed by atoms with E-state index in [0.29, 0.717) is 16.3 Å². The zero-order valence-electron chi connectivity index (χ0n) is 16.1. The van der Waals surface area contributed by atoms with E-state index in [9.17, 15) is 9.59 Å². The summed E-state index contributed by atoms with van der Waals surface area (Å²) in [5, 5.41) is 0. The van der Waals surface area contributed by atoms with E-state index < -0.39 is 11.9 Å². The average Bonchev–Trinajstić information content (AvgIpc) is 3.03. The quantitative estimate of drug-likeness (QED) is 0.503. The second kappa shape index (κ2) is 9.23. The van der Waals surface area contributed by atoms with Crippen LogP contribution >= 0.6 is 27.3 Å². The Hall–Kier alpha value is -2.65. The van der Waals surface area contributed by atoms with Crippen molar-refractivity contribution in [1.29, 1.82) is 0 Å². The molecule has 0 aliphatic heterocycles. The minimum Gasteiger partial charge on any atom is -0.496 e. The van der Waals surface area contributed by atoms with Crippen LogP contribution in [0.15, 0.2) is 45.9 Å². The van der Waals surface area contributed by atoms with Crippen molar-refractivity contribution in [2.24, 2.45) is 4.99 Å². The third kappa shape index (κ3) is 4.51. The first-order chi connectivity index (χ1) is 14.0. The molecule has 1 heterocycles. The molecule has 0 spiro atoms. The third-order valence-electron chi connectivity index (χ3n) is 4.08. The Bertz CT molecular complexity index is 1110. The molecule has 0 saturated carbocycles. The number of aromatic nitrogens is 1. The minimum atomic E-state index is -0.525. The second-order valence-corrected chi connectivity index (χ2v) is 7.77. The molecule has 0 aliphatic rings. The molecular weight excluding hydrogens is 460 g/mol. The number of ether oxygens (including phenoxy) is 3. The minimum absolute atomic E-state index is 0.0509. The Morgan fingerprint density at radius 2 is 1.83 bits per heavy atom. The van der Waals surface area contributed by atoms with Crippen LogP contribution < -0.4 is 14.3 Å². The molecule has 0 aliphatic carbocycles. The summed E-state index contributed by atoms with van der Waals surface area (Å²) in [6.45, 7) is 1.97. The van der Waals surface area contributed by atoms with E-state index in [4.69, 9.17) is 14.2 Å². The lowest BCUT2D eigenvalue weighted by Crippen LogP contribution is -2.23. The van der Waals surface area contributed by atoms with Crippen molar-refractivity contribution >= 4 is 49.4 Å². The first-order valence-corrected chi connectivity index (χ1v) is 10.3. The maximum Gasteiger partial charge on any atom is 0.326 e. The van der Waals surface area contributed by atoms with Gasteiger partial charge in [0.25, 0.3) is 5.91 Å². The zero-order valence-corrected chi connectivity index (χ0v) is 18.5. The molecule has 9 heteroatoms. The predicted octanol–water partition coefficient (Wildman–Crippen LogP) is 3.79. The number of amides is 1. The Kier molecular flexibility index (Phi) is 6.71. The van der Waals surface area contributed by atoms with E-state index in [1.54, 1.807) is 29.7 Å². The van der Waals surface area contributed by atoms with Crippen LogP contribution in [0.1, 0.15) is 17.3 Å². The number of esters is 1. The number of fused-ring (bicyclic) bond motifs is 1. The number of carbonyl (C=O) groups is 2. The van der Waals surface area contributed by atoms with Crippen LogP contribution in [0, 0.1) is 0 Å². The van der Waals surface area contributed by atoms with Gasteiger partial charge in [0.05, 0.1) is 31.0 Å². The summed E-state index contributed by atoms with van der Waals surface area (Å²) >= 11 is 4.75. The highest BCUT2D eigenvalue weighted by Gasteiger charge is 2.19. The van der Waals surface area contributed by atoms with Crippen molar-refractivity contribution in [2.45, 2.75) is 13.5 Å². The van der Waals surface area contributed by atoms with Gasteiger partial charge in [0.1, 0.15) is 23.6 Å². The standard InChI is InChI=1S/C20H19BrN2O5S/c1-4-28-17(24)11-23-13-9-8-12(21)10-16(13)29-20(23)22-19(25)18-14(26-2)6-5-7-15(18)27-3/h5-10H,4,11H2,1-3H3. The van der Waals surface area contributed by atoms with Crippen LogP contribution in [0.2, 0.25) is 0 Å². The number of carbonyl (C=O) groups excluding carboxylic acids is 2. The van der Waals surface area contributed by atoms with Gasteiger partial charge in [0, 0.05) is 4.47 Å². The molecule has 0 fully saturated rings. The van der Waals surface area contributed by atoms with E-state index in [1.807, 2.05) is 18.2 Å². The molecule has 0 N–H and O–H groups in total. The summed E-state index contributed by atoms with van der Waals surface area (Å²) in [5.41, 5.74) is 1.00. The monoisotopic (exact) mass is 478 g/mol. The molecule has 0 atom stereocenters. The number of halogens is 1. The number of hydrogen-bond donors (Lipinski definition) is 0. The van der Waals surface area contributed by atoms with E-state index in [1.165, 1.54) is 25.6 Å². The first kappa shape index (κ1) is 21.1. The maximum atomic E-state index is 13.0. The number of methoxy groups -OCH3 is 2. The van der Waals surface area contributed by atoms with Gasteiger partial charge in [-0.25, -0.2) is 0 Å². The highest BCUT2D eigenvalue weighted by molar-refractivity contribution is 9.10. The average molecular weight is 479 g/mol. The molecule has 0 radical (unpaired) electrons. The maximum absolute atomic E-state index is 13.0. The Labute approximate surface area is 179 Å². The summed E-state index contributed by atoms with van der Waals surface area (Å²) in [5.74, 6) is -0.209. The normalized spacial score (nSPS) is 11.5. The van der Waals surface area contributed by atoms with Crippen LogP contribution in [0.25, 0.3) is 10.2 Å². The molecule has 0 unspecified atom stereocenters. The van der Waals surface area contributed by atoms with Gasteiger partial charge in [-0.1, -0.05) is 33.3 Å². The van der Waals surface area contributed by atoms with Gasteiger partial charge in [0.15, 0.2) is 4.80 Å². The molecule has 2 aromatic carbocycles. The first-order valence-electron chi connectivity index (χ1n) is 8.73. The molecule has 0 saturated heterocycles. The van der Waals surface area contributed by atoms with E-state index >= 15 is 0 Å². The lowest BCUT2D eigenvalue weighted by atomic mass is 10.1. The molecule has 0 bridgehead atoms. The number of hydrogen-bond acceptors (Lipinski definition) is 6. The van der Waals surface area contributed by atoms with E-state index in [2.05, 4.69) is 20.9 Å². The molecule has 1 amide bonds. The summed E-state index contributed by atoms with van der Waals surface area (Å²) in [6, 6.07) is 10.7. The van der Waals surface area contributed by atoms with E-state index in [-0.39, 0.29) is 18.7 Å². The van der Waals surface area contributed by atoms with Gasteiger partial charge in [-0.3, -0.25) is 9.59 Å². The highest BCUT2D eigenvalue weighted by atomic mass is 79.9. The van der Waals surface area contributed by atoms with Crippen molar-refractivity contribution in [2.75, 3.05) is 20.8 Å². The molecule has 1 aromatic heterocycles. The number of rotatable bonds is 6. The third-order valence-corrected chi connectivity index (χ3v) is 5.61. The van der Waals surface area contributed by atoms with Gasteiger partial charge in [-0.2, -0.15) is 4.99 Å².